The first-order valence-corrected chi connectivity index (χ1v) is 11.4. The van der Waals surface area contributed by atoms with Gasteiger partial charge in [0.1, 0.15) is 0 Å². The molecule has 3 fully saturated rings. The normalized spacial score (nSPS) is 33.9. The number of carboxylic acid groups (broad SMARTS) is 1. The lowest BCUT2D eigenvalue weighted by atomic mass is 9.62. The number of fused-ring (bicyclic) bond motifs is 1. The van der Waals surface area contributed by atoms with Crippen LogP contribution in [0.15, 0.2) is 23.8 Å². The van der Waals surface area contributed by atoms with Crippen molar-refractivity contribution in [3.63, 3.8) is 0 Å². The van der Waals surface area contributed by atoms with Gasteiger partial charge >= 0.3 is 5.97 Å². The standard InChI is InChI=1S/C24H38O4/c1-2-3-11-24(12-6-13-24)22(26)10-9-19-20-15-17(7-4-5-8-23(27)28)14-18(20)16-21(19)25/h7,9-10,18-22,25-26H,2-6,8,11-16H2,1H3,(H,27,28)/b10-9+,17-7+/t18-,19-,20+,21-,22+/m1/s1. The third-order valence-electron chi connectivity index (χ3n) is 7.66. The molecule has 3 rings (SSSR count). The van der Waals surface area contributed by atoms with Gasteiger partial charge in [0.25, 0.3) is 0 Å². The minimum atomic E-state index is -0.725. The molecule has 4 heteroatoms. The van der Waals surface area contributed by atoms with Crippen LogP contribution in [0.4, 0.5) is 0 Å². The molecule has 3 aliphatic carbocycles. The lowest BCUT2D eigenvalue weighted by Crippen LogP contribution is -2.40. The first kappa shape index (κ1) is 21.6. The second kappa shape index (κ2) is 9.58. The summed E-state index contributed by atoms with van der Waals surface area (Å²) in [6.07, 6.45) is 17.3. The molecule has 0 aromatic carbocycles. The van der Waals surface area contributed by atoms with Crippen LogP contribution in [-0.4, -0.2) is 33.5 Å². The molecular formula is C24H38O4. The van der Waals surface area contributed by atoms with E-state index in [0.717, 1.165) is 44.9 Å². The van der Waals surface area contributed by atoms with Crippen LogP contribution >= 0.6 is 0 Å². The number of aliphatic hydroxyl groups is 2. The molecule has 0 heterocycles. The van der Waals surface area contributed by atoms with Crippen LogP contribution in [0.3, 0.4) is 0 Å². The third kappa shape index (κ3) is 4.88. The van der Waals surface area contributed by atoms with Crippen LogP contribution in [0.5, 0.6) is 0 Å². The van der Waals surface area contributed by atoms with Gasteiger partial charge in [-0.15, -0.1) is 0 Å². The zero-order valence-corrected chi connectivity index (χ0v) is 17.4. The highest BCUT2D eigenvalue weighted by Gasteiger charge is 2.46. The SMILES string of the molecule is CCCCC1([C@@H](O)/C=C/[C@@H]2[C@H]3C/C(=C/CCCC(=O)O)C[C@@H]3C[C@H]2O)CCC1. The zero-order chi connectivity index (χ0) is 20.1. The largest absolute Gasteiger partial charge is 0.481 e. The molecule has 0 aliphatic heterocycles. The lowest BCUT2D eigenvalue weighted by molar-refractivity contribution is -0.137. The second-order valence-electron chi connectivity index (χ2n) is 9.51. The third-order valence-corrected chi connectivity index (χ3v) is 7.66. The molecule has 0 radical (unpaired) electrons. The number of carbonyl (C=O) groups is 1. The van der Waals surface area contributed by atoms with Gasteiger partial charge in [-0.1, -0.05) is 50.0 Å². The summed E-state index contributed by atoms with van der Waals surface area (Å²) >= 11 is 0. The molecule has 3 N–H and O–H groups in total. The maximum Gasteiger partial charge on any atom is 0.303 e. The fourth-order valence-electron chi connectivity index (χ4n) is 5.79. The van der Waals surface area contributed by atoms with Crippen LogP contribution in [0.25, 0.3) is 0 Å². The lowest BCUT2D eigenvalue weighted by Gasteiger charge is -2.45. The number of hydrogen-bond donors (Lipinski definition) is 3. The maximum absolute atomic E-state index is 10.8. The highest BCUT2D eigenvalue weighted by atomic mass is 16.4. The molecule has 158 valence electrons. The molecular weight excluding hydrogens is 352 g/mol. The number of hydrogen-bond acceptors (Lipinski definition) is 3. The molecule has 28 heavy (non-hydrogen) atoms. The van der Waals surface area contributed by atoms with Crippen molar-refractivity contribution in [2.24, 2.45) is 23.2 Å². The average molecular weight is 391 g/mol. The Morgan fingerprint density at radius 2 is 2.07 bits per heavy atom. The molecule has 0 amide bonds. The number of aliphatic hydroxyl groups excluding tert-OH is 2. The highest BCUT2D eigenvalue weighted by Crippen LogP contribution is 2.52. The van der Waals surface area contributed by atoms with Gasteiger partial charge in [0, 0.05) is 12.3 Å². The van der Waals surface area contributed by atoms with E-state index in [-0.39, 0.29) is 30.0 Å². The van der Waals surface area contributed by atoms with Gasteiger partial charge in [-0.25, -0.2) is 0 Å². The van der Waals surface area contributed by atoms with E-state index in [9.17, 15) is 15.0 Å². The predicted octanol–water partition coefficient (Wildman–Crippen LogP) is 4.85. The van der Waals surface area contributed by atoms with Crippen molar-refractivity contribution in [2.75, 3.05) is 0 Å². The smallest absolute Gasteiger partial charge is 0.303 e. The number of allylic oxidation sites excluding steroid dienone is 2. The number of unbranched alkanes of at least 4 members (excludes halogenated alkanes) is 2. The minimum Gasteiger partial charge on any atom is -0.481 e. The van der Waals surface area contributed by atoms with Crippen LogP contribution in [0.2, 0.25) is 0 Å². The van der Waals surface area contributed by atoms with E-state index < -0.39 is 5.97 Å². The van der Waals surface area contributed by atoms with Crippen LogP contribution in [0, 0.1) is 23.2 Å². The van der Waals surface area contributed by atoms with E-state index in [2.05, 4.69) is 19.1 Å². The van der Waals surface area contributed by atoms with Gasteiger partial charge in [0.2, 0.25) is 0 Å². The van der Waals surface area contributed by atoms with Gasteiger partial charge < -0.3 is 15.3 Å². The van der Waals surface area contributed by atoms with Crippen molar-refractivity contribution in [1.82, 2.24) is 0 Å². The van der Waals surface area contributed by atoms with Gasteiger partial charge in [-0.05, 0) is 68.6 Å². The summed E-state index contributed by atoms with van der Waals surface area (Å²) in [6.45, 7) is 2.20. The summed E-state index contributed by atoms with van der Waals surface area (Å²) < 4.78 is 0. The van der Waals surface area contributed by atoms with Gasteiger partial charge in [-0.3, -0.25) is 4.79 Å². The molecule has 4 nitrogen and oxygen atoms in total. The molecule has 0 bridgehead atoms. The van der Waals surface area contributed by atoms with E-state index in [1.165, 1.54) is 24.8 Å². The van der Waals surface area contributed by atoms with Gasteiger partial charge in [0.05, 0.1) is 12.2 Å². The summed E-state index contributed by atoms with van der Waals surface area (Å²) in [5.74, 6) is 0.423. The number of rotatable bonds is 10. The van der Waals surface area contributed by atoms with E-state index >= 15 is 0 Å². The van der Waals surface area contributed by atoms with Crippen LogP contribution in [-0.2, 0) is 4.79 Å². The van der Waals surface area contributed by atoms with Crippen molar-refractivity contribution in [1.29, 1.82) is 0 Å². The number of carboxylic acids is 1. The Morgan fingerprint density at radius 3 is 2.71 bits per heavy atom. The van der Waals surface area contributed by atoms with Crippen molar-refractivity contribution in [2.45, 2.75) is 96.2 Å². The Hall–Kier alpha value is -1.13. The molecule has 3 aliphatic rings. The topological polar surface area (TPSA) is 77.8 Å². The molecule has 3 saturated carbocycles. The Balaban J connectivity index is 1.56. The predicted molar refractivity (Wildman–Crippen MR) is 111 cm³/mol. The van der Waals surface area contributed by atoms with E-state index in [4.69, 9.17) is 5.11 Å². The zero-order valence-electron chi connectivity index (χ0n) is 17.4. The van der Waals surface area contributed by atoms with Crippen molar-refractivity contribution in [3.8, 4) is 0 Å². The van der Waals surface area contributed by atoms with Crippen molar-refractivity contribution >= 4 is 5.97 Å². The molecule has 0 unspecified atom stereocenters. The summed E-state index contributed by atoms with van der Waals surface area (Å²) in [7, 11) is 0. The second-order valence-corrected chi connectivity index (χ2v) is 9.51. The van der Waals surface area contributed by atoms with Crippen molar-refractivity contribution < 1.29 is 20.1 Å². The monoisotopic (exact) mass is 390 g/mol. The average Bonchev–Trinajstić information content (AvgIpc) is 3.12. The summed E-state index contributed by atoms with van der Waals surface area (Å²) in [4.78, 5) is 10.6. The number of aliphatic carboxylic acids is 1. The van der Waals surface area contributed by atoms with Gasteiger partial charge in [-0.2, -0.15) is 0 Å². The summed E-state index contributed by atoms with van der Waals surface area (Å²) in [5.41, 5.74) is 1.52. The fourth-order valence-corrected chi connectivity index (χ4v) is 5.79. The maximum atomic E-state index is 10.8. The Labute approximate surface area is 169 Å². The van der Waals surface area contributed by atoms with Crippen LogP contribution < -0.4 is 0 Å². The molecule has 0 saturated heterocycles. The molecule has 0 aromatic heterocycles. The van der Waals surface area contributed by atoms with Gasteiger partial charge in [0.15, 0.2) is 0 Å². The first-order valence-electron chi connectivity index (χ1n) is 11.4. The Bertz CT molecular complexity index is 589. The van der Waals surface area contributed by atoms with Crippen molar-refractivity contribution in [3.05, 3.63) is 23.8 Å². The van der Waals surface area contributed by atoms with E-state index in [1.807, 2.05) is 6.08 Å². The minimum absolute atomic E-state index is 0.0837. The highest BCUT2D eigenvalue weighted by molar-refractivity contribution is 5.66. The Morgan fingerprint density at radius 1 is 1.29 bits per heavy atom. The molecule has 5 atom stereocenters. The molecule has 0 spiro atoms. The van der Waals surface area contributed by atoms with Crippen LogP contribution in [0.1, 0.15) is 84.0 Å². The first-order chi connectivity index (χ1) is 13.4. The molecule has 0 aromatic rings. The summed E-state index contributed by atoms with van der Waals surface area (Å²) in [6, 6.07) is 0. The van der Waals surface area contributed by atoms with E-state index in [1.54, 1.807) is 0 Å². The fraction of sp³-hybridized carbons (Fsp3) is 0.792. The summed E-state index contributed by atoms with van der Waals surface area (Å²) in [5, 5.41) is 30.2. The Kier molecular flexibility index (Phi) is 7.38. The quantitative estimate of drug-likeness (QED) is 0.368. The van der Waals surface area contributed by atoms with E-state index in [0.29, 0.717) is 18.3 Å².